The first-order valence-corrected chi connectivity index (χ1v) is 10.4. The number of carbonyl (C=O) groups is 1. The number of hydrogen-bond acceptors (Lipinski definition) is 3. The summed E-state index contributed by atoms with van der Waals surface area (Å²) in [7, 11) is 0. The van der Waals surface area contributed by atoms with E-state index in [1.807, 2.05) is 13.0 Å². The number of halogens is 2. The normalized spacial score (nSPS) is 20.3. The van der Waals surface area contributed by atoms with Crippen LogP contribution in [-0.4, -0.2) is 54.1 Å². The number of rotatable bonds is 5. The van der Waals surface area contributed by atoms with Crippen LogP contribution in [0.1, 0.15) is 44.6 Å². The molecule has 0 spiro atoms. The lowest BCUT2D eigenvalue weighted by Gasteiger charge is -2.43. The summed E-state index contributed by atoms with van der Waals surface area (Å²) in [5.41, 5.74) is 0.726. The van der Waals surface area contributed by atoms with Crippen LogP contribution in [0.15, 0.2) is 22.7 Å². The van der Waals surface area contributed by atoms with Crippen molar-refractivity contribution in [2.24, 2.45) is 0 Å². The maximum absolute atomic E-state index is 14.0. The first kappa shape index (κ1) is 19.8. The topological polar surface area (TPSA) is 32.8 Å². The van der Waals surface area contributed by atoms with Gasteiger partial charge in [-0.25, -0.2) is 4.39 Å². The van der Waals surface area contributed by atoms with Crippen molar-refractivity contribution in [2.75, 3.05) is 26.3 Å². The summed E-state index contributed by atoms with van der Waals surface area (Å²) < 4.78 is 20.4. The van der Waals surface area contributed by atoms with E-state index in [9.17, 15) is 9.18 Å². The van der Waals surface area contributed by atoms with Crippen LogP contribution >= 0.6 is 15.9 Å². The molecule has 26 heavy (non-hydrogen) atoms. The minimum Gasteiger partial charge on any atom is -0.381 e. The Hall–Kier alpha value is -0.980. The second-order valence-corrected chi connectivity index (χ2v) is 8.16. The van der Waals surface area contributed by atoms with Crippen LogP contribution in [0, 0.1) is 5.82 Å². The highest BCUT2D eigenvalue weighted by Gasteiger charge is 2.33. The fourth-order valence-electron chi connectivity index (χ4n) is 4.11. The number of nitrogens with zero attached hydrogens (tertiary/aromatic N) is 2. The van der Waals surface area contributed by atoms with Crippen LogP contribution in [0.5, 0.6) is 0 Å². The Bertz CT molecular complexity index is 614. The van der Waals surface area contributed by atoms with Crippen LogP contribution in [0.4, 0.5) is 4.39 Å². The molecule has 0 aliphatic carbocycles. The number of hydrogen-bond donors (Lipinski definition) is 0. The van der Waals surface area contributed by atoms with Crippen LogP contribution < -0.4 is 0 Å². The third-order valence-corrected chi connectivity index (χ3v) is 6.02. The van der Waals surface area contributed by atoms with Gasteiger partial charge in [-0.3, -0.25) is 9.69 Å². The molecule has 4 nitrogen and oxygen atoms in total. The molecule has 2 saturated heterocycles. The van der Waals surface area contributed by atoms with E-state index >= 15 is 0 Å². The summed E-state index contributed by atoms with van der Waals surface area (Å²) in [6, 6.07) is 5.71. The summed E-state index contributed by atoms with van der Waals surface area (Å²) >= 11 is 3.42. The zero-order valence-corrected chi connectivity index (χ0v) is 17.0. The van der Waals surface area contributed by atoms with Crippen LogP contribution in [0.2, 0.25) is 0 Å². The van der Waals surface area contributed by atoms with Gasteiger partial charge in [0.15, 0.2) is 0 Å². The van der Waals surface area contributed by atoms with Gasteiger partial charge in [0.2, 0.25) is 5.91 Å². The average Bonchev–Trinajstić information content (AvgIpc) is 2.67. The van der Waals surface area contributed by atoms with Gasteiger partial charge in [0, 0.05) is 61.4 Å². The Balaban J connectivity index is 1.60. The highest BCUT2D eigenvalue weighted by molar-refractivity contribution is 9.10. The van der Waals surface area contributed by atoms with E-state index in [4.69, 9.17) is 4.74 Å². The fraction of sp³-hybridized carbons (Fsp3) is 0.650. The van der Waals surface area contributed by atoms with Gasteiger partial charge in [-0.05, 0) is 43.9 Å². The second kappa shape index (κ2) is 9.29. The Kier molecular flexibility index (Phi) is 7.06. The van der Waals surface area contributed by atoms with E-state index in [0.717, 1.165) is 62.0 Å². The molecule has 144 valence electrons. The Labute approximate surface area is 163 Å². The fourth-order valence-corrected chi connectivity index (χ4v) is 4.52. The third kappa shape index (κ3) is 4.84. The molecule has 2 heterocycles. The molecule has 0 N–H and O–H groups in total. The molecule has 0 saturated carbocycles. The lowest BCUT2D eigenvalue weighted by atomic mass is 9.97. The highest BCUT2D eigenvalue weighted by Crippen LogP contribution is 2.26. The molecule has 0 aromatic heterocycles. The molecule has 1 aromatic carbocycles. The number of piperidine rings is 1. The maximum atomic E-state index is 14.0. The first-order valence-electron chi connectivity index (χ1n) is 9.63. The molecule has 0 atom stereocenters. The molecule has 2 aliphatic heterocycles. The molecule has 2 fully saturated rings. The quantitative estimate of drug-likeness (QED) is 0.713. The molecule has 0 bridgehead atoms. The Morgan fingerprint density at radius 3 is 2.54 bits per heavy atom. The van der Waals surface area contributed by atoms with Crippen molar-refractivity contribution in [3.63, 3.8) is 0 Å². The lowest BCUT2D eigenvalue weighted by molar-refractivity contribution is -0.139. The second-order valence-electron chi connectivity index (χ2n) is 7.24. The lowest BCUT2D eigenvalue weighted by Crippen LogP contribution is -2.52. The highest BCUT2D eigenvalue weighted by atomic mass is 79.9. The average molecular weight is 427 g/mol. The SMILES string of the molecule is CCC(=O)N(C1CCOCC1)C1CCN(Cc2cc(Br)ccc2F)CC1. The molecule has 0 radical (unpaired) electrons. The number of likely N-dealkylation sites (tertiary alicyclic amines) is 1. The van der Waals surface area contributed by atoms with E-state index in [2.05, 4.69) is 25.7 Å². The summed E-state index contributed by atoms with van der Waals surface area (Å²) in [5.74, 6) is 0.105. The molecule has 0 unspecified atom stereocenters. The van der Waals surface area contributed by atoms with Crippen molar-refractivity contribution in [1.82, 2.24) is 9.80 Å². The van der Waals surface area contributed by atoms with Crippen molar-refractivity contribution in [2.45, 2.75) is 57.7 Å². The van der Waals surface area contributed by atoms with Crippen molar-refractivity contribution < 1.29 is 13.9 Å². The number of carbonyl (C=O) groups excluding carboxylic acids is 1. The van der Waals surface area contributed by atoms with E-state index in [1.54, 1.807) is 6.07 Å². The van der Waals surface area contributed by atoms with Crippen molar-refractivity contribution in [3.8, 4) is 0 Å². The van der Waals surface area contributed by atoms with Crippen LogP contribution in [0.25, 0.3) is 0 Å². The van der Waals surface area contributed by atoms with E-state index in [-0.39, 0.29) is 11.7 Å². The Morgan fingerprint density at radius 2 is 1.88 bits per heavy atom. The molecule has 6 heteroatoms. The van der Waals surface area contributed by atoms with Gasteiger partial charge in [0.25, 0.3) is 0 Å². The number of benzene rings is 1. The van der Waals surface area contributed by atoms with Crippen LogP contribution in [-0.2, 0) is 16.1 Å². The van der Waals surface area contributed by atoms with Gasteiger partial charge in [-0.15, -0.1) is 0 Å². The standard InChI is InChI=1S/C20H28BrFN2O2/c1-2-20(25)24(18-7-11-26-12-8-18)17-5-9-23(10-6-17)14-15-13-16(21)3-4-19(15)22/h3-4,13,17-18H,2,5-12,14H2,1H3. The summed E-state index contributed by atoms with van der Waals surface area (Å²) in [6.45, 7) is 5.86. The molecule has 2 aliphatic rings. The van der Waals surface area contributed by atoms with Crippen LogP contribution in [0.3, 0.4) is 0 Å². The van der Waals surface area contributed by atoms with Gasteiger partial charge in [-0.1, -0.05) is 22.9 Å². The smallest absolute Gasteiger partial charge is 0.222 e. The Morgan fingerprint density at radius 1 is 1.23 bits per heavy atom. The molecule has 3 rings (SSSR count). The largest absolute Gasteiger partial charge is 0.381 e. The van der Waals surface area contributed by atoms with Gasteiger partial charge in [0.05, 0.1) is 0 Å². The van der Waals surface area contributed by atoms with E-state index < -0.39 is 0 Å². The summed E-state index contributed by atoms with van der Waals surface area (Å²) in [4.78, 5) is 17.0. The van der Waals surface area contributed by atoms with Gasteiger partial charge < -0.3 is 9.64 Å². The monoisotopic (exact) mass is 426 g/mol. The zero-order valence-electron chi connectivity index (χ0n) is 15.4. The van der Waals surface area contributed by atoms with E-state index in [1.165, 1.54) is 6.07 Å². The summed E-state index contributed by atoms with van der Waals surface area (Å²) in [6.07, 6.45) is 4.35. The number of amides is 1. The van der Waals surface area contributed by atoms with Gasteiger partial charge in [0.1, 0.15) is 5.82 Å². The maximum Gasteiger partial charge on any atom is 0.222 e. The number of ether oxygens (including phenoxy) is 1. The van der Waals surface area contributed by atoms with Gasteiger partial charge >= 0.3 is 0 Å². The van der Waals surface area contributed by atoms with Crippen molar-refractivity contribution in [1.29, 1.82) is 0 Å². The molecule has 1 aromatic rings. The third-order valence-electron chi connectivity index (χ3n) is 5.53. The van der Waals surface area contributed by atoms with E-state index in [0.29, 0.717) is 25.0 Å². The predicted octanol–water partition coefficient (Wildman–Crippen LogP) is 3.97. The molecular formula is C20H28BrFN2O2. The van der Waals surface area contributed by atoms with Crippen molar-refractivity contribution in [3.05, 3.63) is 34.1 Å². The molecule has 1 amide bonds. The van der Waals surface area contributed by atoms with Gasteiger partial charge in [-0.2, -0.15) is 0 Å². The predicted molar refractivity (Wildman–Crippen MR) is 103 cm³/mol. The zero-order chi connectivity index (χ0) is 18.5. The minimum absolute atomic E-state index is 0.152. The van der Waals surface area contributed by atoms with Crippen molar-refractivity contribution >= 4 is 21.8 Å². The summed E-state index contributed by atoms with van der Waals surface area (Å²) in [5, 5.41) is 0. The molecular weight excluding hydrogens is 399 g/mol. The first-order chi connectivity index (χ1) is 12.6. The minimum atomic E-state index is -0.152.